The Kier molecular flexibility index (Phi) is 7.68. The van der Waals surface area contributed by atoms with Crippen LogP contribution in [0, 0.1) is 0 Å². The van der Waals surface area contributed by atoms with Crippen LogP contribution in [-0.4, -0.2) is 44.1 Å². The Balaban J connectivity index is 1.42. The minimum atomic E-state index is -3.72. The van der Waals surface area contributed by atoms with Gasteiger partial charge in [0.05, 0.1) is 6.61 Å². The number of Topliss-reactive ketones (excluding diaryl/α,β-unsaturated/α-hetero) is 1. The molecule has 2 aromatic carbocycles. The van der Waals surface area contributed by atoms with Gasteiger partial charge < -0.3 is 10.1 Å². The summed E-state index contributed by atoms with van der Waals surface area (Å²) in [6, 6.07) is 10.5. The Morgan fingerprint density at radius 3 is 2.41 bits per heavy atom. The van der Waals surface area contributed by atoms with Gasteiger partial charge in [0.1, 0.15) is 10.6 Å². The highest BCUT2D eigenvalue weighted by Gasteiger charge is 2.30. The van der Waals surface area contributed by atoms with Gasteiger partial charge in [-0.05, 0) is 80.8 Å². The zero-order chi connectivity index (χ0) is 24.1. The van der Waals surface area contributed by atoms with Crippen LogP contribution in [0.4, 0.5) is 5.69 Å². The second-order valence-electron chi connectivity index (χ2n) is 8.87. The summed E-state index contributed by atoms with van der Waals surface area (Å²) in [6.07, 6.45) is 6.17. The second kappa shape index (κ2) is 10.7. The van der Waals surface area contributed by atoms with Crippen molar-refractivity contribution in [3.8, 4) is 5.75 Å². The van der Waals surface area contributed by atoms with Crippen molar-refractivity contribution in [3.05, 3.63) is 53.1 Å². The van der Waals surface area contributed by atoms with Crippen LogP contribution in [0.15, 0.2) is 41.3 Å². The normalized spacial score (nSPS) is 16.1. The molecule has 1 saturated heterocycles. The van der Waals surface area contributed by atoms with Crippen molar-refractivity contribution < 1.29 is 22.7 Å². The number of hydrogen-bond donors (Lipinski definition) is 1. The molecule has 1 heterocycles. The number of hydrogen-bond acceptors (Lipinski definition) is 5. The summed E-state index contributed by atoms with van der Waals surface area (Å²) in [5, 5.41) is 2.74. The maximum Gasteiger partial charge on any atom is 0.246 e. The highest BCUT2D eigenvalue weighted by atomic mass is 32.2. The van der Waals surface area contributed by atoms with E-state index in [2.05, 4.69) is 5.32 Å². The fraction of sp³-hybridized carbons (Fsp3) is 0.462. The SMILES string of the molecule is CCOc1ccc(NC(=O)CCC(=O)c2ccc3c(c2)CCCC3)cc1S(=O)(=O)N1CCCC1. The number of anilines is 1. The summed E-state index contributed by atoms with van der Waals surface area (Å²) in [6.45, 7) is 3.09. The van der Waals surface area contributed by atoms with E-state index in [1.54, 1.807) is 19.1 Å². The van der Waals surface area contributed by atoms with Gasteiger partial charge in [-0.25, -0.2) is 8.42 Å². The first kappa shape index (κ1) is 24.4. The third-order valence-corrected chi connectivity index (χ3v) is 8.38. The average molecular weight is 485 g/mol. The van der Waals surface area contributed by atoms with E-state index in [1.807, 2.05) is 18.2 Å². The number of aryl methyl sites for hydroxylation is 2. The molecule has 8 heteroatoms. The molecule has 0 atom stereocenters. The van der Waals surface area contributed by atoms with E-state index in [1.165, 1.54) is 27.9 Å². The van der Waals surface area contributed by atoms with Crippen LogP contribution in [0.1, 0.15) is 66.9 Å². The van der Waals surface area contributed by atoms with Crippen LogP contribution in [0.5, 0.6) is 5.75 Å². The minimum Gasteiger partial charge on any atom is -0.492 e. The molecule has 1 N–H and O–H groups in total. The highest BCUT2D eigenvalue weighted by molar-refractivity contribution is 7.89. The van der Waals surface area contributed by atoms with E-state index in [9.17, 15) is 18.0 Å². The van der Waals surface area contributed by atoms with E-state index in [0.29, 0.717) is 30.9 Å². The molecule has 34 heavy (non-hydrogen) atoms. The zero-order valence-corrected chi connectivity index (χ0v) is 20.5. The van der Waals surface area contributed by atoms with Crippen molar-refractivity contribution >= 4 is 27.4 Å². The molecule has 7 nitrogen and oxygen atoms in total. The van der Waals surface area contributed by atoms with Crippen LogP contribution in [0.2, 0.25) is 0 Å². The quantitative estimate of drug-likeness (QED) is 0.534. The maximum atomic E-state index is 13.1. The van der Waals surface area contributed by atoms with Gasteiger partial charge in [-0.2, -0.15) is 4.31 Å². The third kappa shape index (κ3) is 5.50. The molecule has 2 aromatic rings. The molecule has 1 aliphatic heterocycles. The number of fused-ring (bicyclic) bond motifs is 1. The summed E-state index contributed by atoms with van der Waals surface area (Å²) in [7, 11) is -3.72. The smallest absolute Gasteiger partial charge is 0.246 e. The van der Waals surface area contributed by atoms with Crippen molar-refractivity contribution in [2.24, 2.45) is 0 Å². The molecule has 0 aromatic heterocycles. The van der Waals surface area contributed by atoms with Gasteiger partial charge in [0.15, 0.2) is 5.78 Å². The predicted octanol–water partition coefficient (Wildman–Crippen LogP) is 4.35. The van der Waals surface area contributed by atoms with Crippen LogP contribution >= 0.6 is 0 Å². The Morgan fingerprint density at radius 1 is 0.941 bits per heavy atom. The lowest BCUT2D eigenvalue weighted by Crippen LogP contribution is -2.28. The zero-order valence-electron chi connectivity index (χ0n) is 19.6. The number of nitrogens with zero attached hydrogens (tertiary/aromatic N) is 1. The predicted molar refractivity (Wildman–Crippen MR) is 131 cm³/mol. The minimum absolute atomic E-state index is 0.0251. The Morgan fingerprint density at radius 2 is 1.68 bits per heavy atom. The topological polar surface area (TPSA) is 92.8 Å². The number of amides is 1. The monoisotopic (exact) mass is 484 g/mol. The van der Waals surface area contributed by atoms with Gasteiger partial charge >= 0.3 is 0 Å². The van der Waals surface area contributed by atoms with Crippen molar-refractivity contribution in [2.75, 3.05) is 25.0 Å². The first-order valence-electron chi connectivity index (χ1n) is 12.1. The van der Waals surface area contributed by atoms with Crippen LogP contribution in [-0.2, 0) is 27.7 Å². The van der Waals surface area contributed by atoms with Gasteiger partial charge in [0.25, 0.3) is 0 Å². The molecular weight excluding hydrogens is 452 g/mol. The molecule has 4 rings (SSSR count). The van der Waals surface area contributed by atoms with Gasteiger partial charge in [0, 0.05) is 37.2 Å². The van der Waals surface area contributed by atoms with Crippen molar-refractivity contribution in [3.63, 3.8) is 0 Å². The molecule has 0 radical (unpaired) electrons. The first-order chi connectivity index (χ1) is 16.4. The van der Waals surface area contributed by atoms with Crippen molar-refractivity contribution in [2.45, 2.75) is 63.2 Å². The highest BCUT2D eigenvalue weighted by Crippen LogP contribution is 2.32. The number of carbonyl (C=O) groups excluding carboxylic acids is 2. The van der Waals surface area contributed by atoms with Gasteiger partial charge in [-0.15, -0.1) is 0 Å². The molecule has 2 aliphatic rings. The van der Waals surface area contributed by atoms with E-state index < -0.39 is 10.0 Å². The summed E-state index contributed by atoms with van der Waals surface area (Å²) in [5.74, 6) is -0.123. The molecule has 1 fully saturated rings. The number of nitrogens with one attached hydrogen (secondary N) is 1. The molecule has 0 saturated carbocycles. The van der Waals surface area contributed by atoms with Crippen molar-refractivity contribution in [1.29, 1.82) is 0 Å². The molecule has 0 unspecified atom stereocenters. The van der Waals surface area contributed by atoms with Crippen LogP contribution < -0.4 is 10.1 Å². The number of benzene rings is 2. The largest absolute Gasteiger partial charge is 0.492 e. The number of ether oxygens (including phenoxy) is 1. The lowest BCUT2D eigenvalue weighted by Gasteiger charge is -2.19. The summed E-state index contributed by atoms with van der Waals surface area (Å²) < 4.78 is 33.3. The first-order valence-corrected chi connectivity index (χ1v) is 13.5. The third-order valence-electron chi connectivity index (χ3n) is 6.46. The maximum absolute atomic E-state index is 13.1. The molecule has 0 bridgehead atoms. The Hall–Kier alpha value is -2.71. The summed E-state index contributed by atoms with van der Waals surface area (Å²) in [4.78, 5) is 25.3. The fourth-order valence-corrected chi connectivity index (χ4v) is 6.31. The number of rotatable bonds is 9. The molecule has 0 spiro atoms. The van der Waals surface area contributed by atoms with Crippen molar-refractivity contribution in [1.82, 2.24) is 4.31 Å². The lowest BCUT2D eigenvalue weighted by atomic mass is 9.89. The molecule has 1 aliphatic carbocycles. The second-order valence-corrected chi connectivity index (χ2v) is 10.8. The number of carbonyl (C=O) groups is 2. The van der Waals surface area contributed by atoms with Crippen LogP contribution in [0.3, 0.4) is 0 Å². The van der Waals surface area contributed by atoms with Gasteiger partial charge in [-0.3, -0.25) is 9.59 Å². The van der Waals surface area contributed by atoms with Gasteiger partial charge in [0.2, 0.25) is 15.9 Å². The molecule has 182 valence electrons. The Labute approximate surface area is 201 Å². The summed E-state index contributed by atoms with van der Waals surface area (Å²) in [5.41, 5.74) is 3.57. The standard InChI is InChI=1S/C26H32N2O5S/c1-2-33-24-13-11-22(18-25(24)34(31,32)28-15-5-6-16-28)27-26(30)14-12-23(29)21-10-9-19-7-3-4-8-20(19)17-21/h9-11,13,17-18H,2-8,12,14-16H2,1H3,(H,27,30). The Bertz CT molecular complexity index is 1170. The average Bonchev–Trinajstić information content (AvgIpc) is 3.39. The van der Waals surface area contributed by atoms with Gasteiger partial charge in [-0.1, -0.05) is 12.1 Å². The van der Waals surface area contributed by atoms with E-state index in [-0.39, 0.29) is 35.2 Å². The van der Waals surface area contributed by atoms with Crippen LogP contribution in [0.25, 0.3) is 0 Å². The molecule has 1 amide bonds. The van der Waals surface area contributed by atoms with E-state index in [0.717, 1.165) is 32.1 Å². The number of ketones is 1. The lowest BCUT2D eigenvalue weighted by molar-refractivity contribution is -0.116. The summed E-state index contributed by atoms with van der Waals surface area (Å²) >= 11 is 0. The van der Waals surface area contributed by atoms with E-state index in [4.69, 9.17) is 4.74 Å². The number of sulfonamides is 1. The fourth-order valence-electron chi connectivity index (χ4n) is 4.63. The molecular formula is C26H32N2O5S. The van der Waals surface area contributed by atoms with E-state index >= 15 is 0 Å².